The Morgan fingerprint density at radius 2 is 1.95 bits per heavy atom. The number of carbonyl (C=O) groups is 1. The van der Waals surface area contributed by atoms with E-state index < -0.39 is 24.0 Å². The van der Waals surface area contributed by atoms with Gasteiger partial charge < -0.3 is 15.1 Å². The topological polar surface area (TPSA) is 59.5 Å². The molecule has 0 spiro atoms. The number of hydrogen-bond acceptors (Lipinski definition) is 3. The predicted molar refractivity (Wildman–Crippen MR) is 72.2 cm³/mol. The molecule has 0 saturated carbocycles. The summed E-state index contributed by atoms with van der Waals surface area (Å²) in [5, 5.41) is 0. The monoisotopic (exact) mass is 306 g/mol. The Balaban J connectivity index is 3.01. The third-order valence-electron chi connectivity index (χ3n) is 3.78. The first kappa shape index (κ1) is 17.6. The van der Waals surface area contributed by atoms with Crippen LogP contribution in [0, 0.1) is 5.41 Å². The van der Waals surface area contributed by atoms with Crippen LogP contribution >= 0.6 is 0 Å². The highest BCUT2D eigenvalue weighted by atomic mass is 19.4. The first-order chi connectivity index (χ1) is 9.78. The van der Waals surface area contributed by atoms with Crippen molar-refractivity contribution in [1.29, 1.82) is 0 Å². The summed E-state index contributed by atoms with van der Waals surface area (Å²) in [5.74, 6) is -0.269. The van der Waals surface area contributed by atoms with Gasteiger partial charge in [-0.25, -0.2) is 0 Å². The number of carbonyl (C=O) groups excluding carboxylic acids is 1. The van der Waals surface area contributed by atoms with E-state index in [1.807, 2.05) is 0 Å². The third kappa shape index (κ3) is 4.49. The molecule has 0 saturated heterocycles. The second-order valence-electron chi connectivity index (χ2n) is 5.05. The zero-order valence-corrected chi connectivity index (χ0v) is 12.2. The van der Waals surface area contributed by atoms with Crippen molar-refractivity contribution in [1.82, 2.24) is 4.90 Å². The van der Waals surface area contributed by atoms with Crippen LogP contribution < -0.4 is 5.73 Å². The van der Waals surface area contributed by atoms with Crippen molar-refractivity contribution in [2.75, 3.05) is 13.1 Å². The lowest BCUT2D eigenvalue weighted by atomic mass is 9.81. The molecule has 1 amide bonds. The minimum Gasteiger partial charge on any atom is -0.467 e. The first-order valence-electron chi connectivity index (χ1n) is 6.86. The van der Waals surface area contributed by atoms with Crippen molar-refractivity contribution in [3.8, 4) is 0 Å². The standard InChI is InChI=1S/C14H21F3N2O2/c1-3-13(4-2,9-18)12(20)19(10-14(15,16)17)8-11-6-5-7-21-11/h5-7H,3-4,8-10,18H2,1-2H3. The quantitative estimate of drug-likeness (QED) is 0.842. The molecule has 120 valence electrons. The van der Waals surface area contributed by atoms with Crippen LogP contribution in [-0.4, -0.2) is 30.1 Å². The van der Waals surface area contributed by atoms with Crippen LogP contribution in [0.3, 0.4) is 0 Å². The smallest absolute Gasteiger partial charge is 0.406 e. The number of furan rings is 1. The van der Waals surface area contributed by atoms with Gasteiger partial charge in [0.1, 0.15) is 12.3 Å². The number of alkyl halides is 3. The highest BCUT2D eigenvalue weighted by Crippen LogP contribution is 2.30. The zero-order chi connectivity index (χ0) is 16.1. The second kappa shape index (κ2) is 6.98. The normalized spacial score (nSPS) is 12.5. The molecule has 0 aliphatic rings. The fourth-order valence-corrected chi connectivity index (χ4v) is 2.27. The number of hydrogen-bond donors (Lipinski definition) is 1. The molecule has 0 aliphatic heterocycles. The van der Waals surface area contributed by atoms with Gasteiger partial charge in [0.25, 0.3) is 0 Å². The molecule has 4 nitrogen and oxygen atoms in total. The van der Waals surface area contributed by atoms with Gasteiger partial charge in [-0.2, -0.15) is 13.2 Å². The number of nitrogens with zero attached hydrogens (tertiary/aromatic N) is 1. The number of halogens is 3. The minimum atomic E-state index is -4.47. The van der Waals surface area contributed by atoms with Gasteiger partial charge in [0.2, 0.25) is 5.91 Å². The third-order valence-corrected chi connectivity index (χ3v) is 3.78. The molecule has 1 heterocycles. The van der Waals surface area contributed by atoms with E-state index in [4.69, 9.17) is 10.2 Å². The fraction of sp³-hybridized carbons (Fsp3) is 0.643. The Bertz CT molecular complexity index is 431. The Morgan fingerprint density at radius 1 is 1.33 bits per heavy atom. The van der Waals surface area contributed by atoms with Gasteiger partial charge in [-0.15, -0.1) is 0 Å². The average molecular weight is 306 g/mol. The second-order valence-corrected chi connectivity index (χ2v) is 5.05. The van der Waals surface area contributed by atoms with Crippen molar-refractivity contribution in [3.63, 3.8) is 0 Å². The molecule has 0 unspecified atom stereocenters. The molecule has 2 N–H and O–H groups in total. The summed E-state index contributed by atoms with van der Waals surface area (Å²) in [5.41, 5.74) is 4.69. The van der Waals surface area contributed by atoms with Crippen LogP contribution in [0.1, 0.15) is 32.4 Å². The lowest BCUT2D eigenvalue weighted by molar-refractivity contribution is -0.169. The summed E-state index contributed by atoms with van der Waals surface area (Å²) in [7, 11) is 0. The highest BCUT2D eigenvalue weighted by Gasteiger charge is 2.41. The van der Waals surface area contributed by atoms with E-state index >= 15 is 0 Å². The van der Waals surface area contributed by atoms with Gasteiger partial charge in [-0.1, -0.05) is 13.8 Å². The molecule has 0 atom stereocenters. The number of amides is 1. The summed E-state index contributed by atoms with van der Waals surface area (Å²) < 4.78 is 43.3. The maximum absolute atomic E-state index is 12.7. The number of rotatable bonds is 7. The van der Waals surface area contributed by atoms with Crippen LogP contribution in [0.2, 0.25) is 0 Å². The van der Waals surface area contributed by atoms with E-state index in [0.29, 0.717) is 18.6 Å². The Kier molecular flexibility index (Phi) is 5.83. The Hall–Kier alpha value is -1.50. The molecule has 1 aromatic heterocycles. The van der Waals surface area contributed by atoms with Crippen LogP contribution in [0.25, 0.3) is 0 Å². The molecule has 0 radical (unpaired) electrons. The summed E-state index contributed by atoms with van der Waals surface area (Å²) in [6.07, 6.45) is -2.32. The van der Waals surface area contributed by atoms with Gasteiger partial charge >= 0.3 is 6.18 Å². The first-order valence-corrected chi connectivity index (χ1v) is 6.86. The minimum absolute atomic E-state index is 0.0192. The molecule has 1 rings (SSSR count). The van der Waals surface area contributed by atoms with Crippen molar-refractivity contribution in [2.45, 2.75) is 39.4 Å². The van der Waals surface area contributed by atoms with Gasteiger partial charge in [0.05, 0.1) is 18.2 Å². The lowest BCUT2D eigenvalue weighted by Gasteiger charge is -2.35. The summed E-state index contributed by atoms with van der Waals surface area (Å²) >= 11 is 0. The molecule has 0 aromatic carbocycles. The van der Waals surface area contributed by atoms with E-state index in [1.54, 1.807) is 26.0 Å². The van der Waals surface area contributed by atoms with Crippen molar-refractivity contribution >= 4 is 5.91 Å². The van der Waals surface area contributed by atoms with Gasteiger partial charge in [-0.3, -0.25) is 4.79 Å². The Morgan fingerprint density at radius 3 is 2.33 bits per heavy atom. The molecule has 7 heteroatoms. The predicted octanol–water partition coefficient (Wildman–Crippen LogP) is 2.94. The van der Waals surface area contributed by atoms with Gasteiger partial charge in [0, 0.05) is 6.54 Å². The maximum Gasteiger partial charge on any atom is 0.406 e. The van der Waals surface area contributed by atoms with E-state index in [9.17, 15) is 18.0 Å². The maximum atomic E-state index is 12.7. The van der Waals surface area contributed by atoms with Crippen LogP contribution in [0.4, 0.5) is 13.2 Å². The molecule has 0 fully saturated rings. The summed E-state index contributed by atoms with van der Waals surface area (Å²) in [6, 6.07) is 3.11. The fourth-order valence-electron chi connectivity index (χ4n) is 2.27. The van der Waals surface area contributed by atoms with E-state index in [-0.39, 0.29) is 13.1 Å². The van der Waals surface area contributed by atoms with Crippen LogP contribution in [0.5, 0.6) is 0 Å². The molecule has 0 aliphatic carbocycles. The van der Waals surface area contributed by atoms with Gasteiger partial charge in [-0.05, 0) is 25.0 Å². The van der Waals surface area contributed by atoms with E-state index in [1.165, 1.54) is 6.26 Å². The SMILES string of the molecule is CCC(CC)(CN)C(=O)N(Cc1ccco1)CC(F)(F)F. The molecule has 0 bridgehead atoms. The molecule has 21 heavy (non-hydrogen) atoms. The van der Waals surface area contributed by atoms with Crippen molar-refractivity contribution in [2.24, 2.45) is 11.1 Å². The lowest BCUT2D eigenvalue weighted by Crippen LogP contribution is -2.49. The van der Waals surface area contributed by atoms with E-state index in [0.717, 1.165) is 4.90 Å². The molecular formula is C14H21F3N2O2. The van der Waals surface area contributed by atoms with Gasteiger partial charge in [0.15, 0.2) is 0 Å². The van der Waals surface area contributed by atoms with Crippen molar-refractivity contribution in [3.05, 3.63) is 24.2 Å². The summed E-state index contributed by atoms with van der Waals surface area (Å²) in [6.45, 7) is 2.01. The van der Waals surface area contributed by atoms with Crippen LogP contribution in [-0.2, 0) is 11.3 Å². The zero-order valence-electron chi connectivity index (χ0n) is 12.2. The van der Waals surface area contributed by atoms with E-state index in [2.05, 4.69) is 0 Å². The van der Waals surface area contributed by atoms with Crippen molar-refractivity contribution < 1.29 is 22.4 Å². The molecular weight excluding hydrogens is 285 g/mol. The van der Waals surface area contributed by atoms with Crippen LogP contribution in [0.15, 0.2) is 22.8 Å². The molecule has 1 aromatic rings. The largest absolute Gasteiger partial charge is 0.467 e. The highest BCUT2D eigenvalue weighted by molar-refractivity contribution is 5.83. The summed E-state index contributed by atoms with van der Waals surface area (Å²) in [4.78, 5) is 13.3. The Labute approximate surface area is 122 Å². The average Bonchev–Trinajstić information content (AvgIpc) is 2.92. The number of nitrogens with two attached hydrogens (primary N) is 1.